The number of carbonyl (C=O) groups is 1. The van der Waals surface area contributed by atoms with Crippen molar-refractivity contribution in [3.8, 4) is 0 Å². The van der Waals surface area contributed by atoms with Gasteiger partial charge in [0.2, 0.25) is 5.91 Å². The van der Waals surface area contributed by atoms with Crippen molar-refractivity contribution in [1.29, 1.82) is 5.41 Å². The molecule has 0 bridgehead atoms. The third-order valence-electron chi connectivity index (χ3n) is 5.32. The predicted molar refractivity (Wildman–Crippen MR) is 102 cm³/mol. The van der Waals surface area contributed by atoms with Crippen LogP contribution >= 0.6 is 0 Å². The largest absolute Gasteiger partial charge is 0.367 e. The third kappa shape index (κ3) is 2.96. The topological polar surface area (TPSA) is 90.8 Å². The number of aromatic nitrogens is 2. The summed E-state index contributed by atoms with van der Waals surface area (Å²) in [6, 6.07) is 6.31. The summed E-state index contributed by atoms with van der Waals surface area (Å²) in [6.07, 6.45) is 8.70. The summed E-state index contributed by atoms with van der Waals surface area (Å²) < 4.78 is 0. The minimum Gasteiger partial charge on any atom is -0.367 e. The Kier molecular flexibility index (Phi) is 4.41. The molecule has 6 nitrogen and oxygen atoms in total. The minimum atomic E-state index is -0.503. The van der Waals surface area contributed by atoms with Gasteiger partial charge in [-0.3, -0.25) is 4.79 Å². The van der Waals surface area contributed by atoms with Crippen molar-refractivity contribution in [2.24, 2.45) is 0 Å². The number of carbonyl (C=O) groups excluding carboxylic acids is 1. The smallest absolute Gasteiger partial charge is 0.238 e. The molecule has 1 aliphatic heterocycles. The Morgan fingerprint density at radius 3 is 2.81 bits per heavy atom. The van der Waals surface area contributed by atoms with Gasteiger partial charge in [0, 0.05) is 17.9 Å². The lowest BCUT2D eigenvalue weighted by atomic mass is 9.92. The van der Waals surface area contributed by atoms with E-state index in [1.54, 1.807) is 0 Å². The minimum absolute atomic E-state index is 0.101. The Labute approximate surface area is 153 Å². The number of nitrogens with one attached hydrogen (secondary N) is 3. The van der Waals surface area contributed by atoms with Gasteiger partial charge < -0.3 is 16.0 Å². The fraction of sp³-hybridized carbons (Fsp3) is 0.400. The van der Waals surface area contributed by atoms with Gasteiger partial charge in [0.15, 0.2) is 0 Å². The number of amides is 1. The van der Waals surface area contributed by atoms with E-state index in [1.807, 2.05) is 25.1 Å². The number of fused-ring (bicyclic) bond motifs is 1. The Morgan fingerprint density at radius 2 is 2.04 bits per heavy atom. The maximum atomic E-state index is 12.6. The molecule has 4 rings (SSSR count). The molecule has 1 aromatic carbocycles. The summed E-state index contributed by atoms with van der Waals surface area (Å²) in [5.41, 5.74) is 4.03. The number of rotatable bonds is 4. The van der Waals surface area contributed by atoms with Crippen LogP contribution in [0, 0.1) is 12.3 Å². The molecule has 1 fully saturated rings. The van der Waals surface area contributed by atoms with E-state index in [9.17, 15) is 4.79 Å². The number of nitrogens with zero attached hydrogens (tertiary/aromatic N) is 2. The van der Waals surface area contributed by atoms with Crippen LogP contribution in [0.2, 0.25) is 0 Å². The Bertz CT molecular complexity index is 857. The maximum Gasteiger partial charge on any atom is 0.238 e. The van der Waals surface area contributed by atoms with E-state index in [2.05, 4.69) is 20.6 Å². The molecule has 3 N–H and O–H groups in total. The highest BCUT2D eigenvalue weighted by Crippen LogP contribution is 2.38. The highest BCUT2D eigenvalue weighted by atomic mass is 16.2. The molecule has 1 aromatic heterocycles. The molecule has 1 unspecified atom stereocenters. The fourth-order valence-electron chi connectivity index (χ4n) is 3.98. The summed E-state index contributed by atoms with van der Waals surface area (Å²) in [6.45, 7) is 2.00. The fourth-order valence-corrected chi connectivity index (χ4v) is 3.98. The number of hydrogen-bond acceptors (Lipinski definition) is 5. The van der Waals surface area contributed by atoms with Gasteiger partial charge in [-0.25, -0.2) is 9.97 Å². The highest BCUT2D eigenvalue weighted by Gasteiger charge is 2.35. The monoisotopic (exact) mass is 349 g/mol. The summed E-state index contributed by atoms with van der Waals surface area (Å²) in [5.74, 6) is 0.0541. The van der Waals surface area contributed by atoms with Crippen molar-refractivity contribution in [3.63, 3.8) is 0 Å². The van der Waals surface area contributed by atoms with Gasteiger partial charge in [0.25, 0.3) is 0 Å². The number of benzene rings is 1. The van der Waals surface area contributed by atoms with Gasteiger partial charge in [0.05, 0.1) is 11.3 Å². The zero-order chi connectivity index (χ0) is 18.1. The SMILES string of the molecule is Cc1ccc2c(c1)NC(=O)C2c1ncnc(NC2CCCCC2)c1C=N. The summed E-state index contributed by atoms with van der Waals surface area (Å²) in [7, 11) is 0. The van der Waals surface area contributed by atoms with Crippen LogP contribution < -0.4 is 10.6 Å². The van der Waals surface area contributed by atoms with Crippen LogP contribution in [0.1, 0.15) is 60.4 Å². The molecule has 0 radical (unpaired) electrons. The third-order valence-corrected chi connectivity index (χ3v) is 5.32. The molecule has 26 heavy (non-hydrogen) atoms. The Hall–Kier alpha value is -2.76. The van der Waals surface area contributed by atoms with E-state index in [0.717, 1.165) is 29.7 Å². The second kappa shape index (κ2) is 6.86. The lowest BCUT2D eigenvalue weighted by molar-refractivity contribution is -0.116. The Morgan fingerprint density at radius 1 is 1.23 bits per heavy atom. The van der Waals surface area contributed by atoms with Crippen LogP contribution in [-0.2, 0) is 4.79 Å². The highest BCUT2D eigenvalue weighted by molar-refractivity contribution is 6.06. The van der Waals surface area contributed by atoms with Crippen LogP contribution in [0.4, 0.5) is 11.5 Å². The summed E-state index contributed by atoms with van der Waals surface area (Å²) in [5, 5.41) is 14.3. The predicted octanol–water partition coefficient (Wildman–Crippen LogP) is 3.61. The van der Waals surface area contributed by atoms with Crippen LogP contribution in [-0.4, -0.2) is 28.1 Å². The van der Waals surface area contributed by atoms with E-state index >= 15 is 0 Å². The molecule has 6 heteroatoms. The van der Waals surface area contributed by atoms with Crippen molar-refractivity contribution in [2.75, 3.05) is 10.6 Å². The van der Waals surface area contributed by atoms with Crippen LogP contribution in [0.15, 0.2) is 24.5 Å². The number of anilines is 2. The van der Waals surface area contributed by atoms with E-state index in [0.29, 0.717) is 23.1 Å². The number of hydrogen-bond donors (Lipinski definition) is 3. The molecule has 0 spiro atoms. The first-order chi connectivity index (χ1) is 12.7. The molecule has 0 saturated heterocycles. The van der Waals surface area contributed by atoms with Crippen molar-refractivity contribution in [2.45, 2.75) is 51.0 Å². The maximum absolute atomic E-state index is 12.6. The summed E-state index contributed by atoms with van der Waals surface area (Å²) >= 11 is 0. The Balaban J connectivity index is 1.72. The van der Waals surface area contributed by atoms with Gasteiger partial charge >= 0.3 is 0 Å². The zero-order valence-electron chi connectivity index (χ0n) is 14.9. The second-order valence-corrected chi connectivity index (χ2v) is 7.16. The quantitative estimate of drug-likeness (QED) is 0.735. The lowest BCUT2D eigenvalue weighted by Gasteiger charge is -2.24. The van der Waals surface area contributed by atoms with Gasteiger partial charge in [-0.1, -0.05) is 31.4 Å². The molecule has 134 valence electrons. The van der Waals surface area contributed by atoms with Gasteiger partial charge in [-0.15, -0.1) is 0 Å². The van der Waals surface area contributed by atoms with Crippen molar-refractivity contribution in [3.05, 3.63) is 46.9 Å². The molecule has 1 saturated carbocycles. The average molecular weight is 349 g/mol. The molecular weight excluding hydrogens is 326 g/mol. The first kappa shape index (κ1) is 16.7. The molecule has 1 atom stereocenters. The van der Waals surface area contributed by atoms with E-state index < -0.39 is 5.92 Å². The molecule has 2 heterocycles. The normalized spacial score (nSPS) is 19.7. The van der Waals surface area contributed by atoms with Gasteiger partial charge in [-0.05, 0) is 37.0 Å². The van der Waals surface area contributed by atoms with E-state index in [1.165, 1.54) is 31.8 Å². The first-order valence-corrected chi connectivity index (χ1v) is 9.20. The first-order valence-electron chi connectivity index (χ1n) is 9.20. The standard InChI is InChI=1S/C20H23N5O/c1-12-7-8-14-16(9-12)25-20(26)17(14)18-15(10-21)19(23-11-22-18)24-13-5-3-2-4-6-13/h7-11,13,17,21H,2-6H2,1H3,(H,25,26)(H,22,23,24). The van der Waals surface area contributed by atoms with Gasteiger partial charge in [0.1, 0.15) is 18.1 Å². The van der Waals surface area contributed by atoms with E-state index in [4.69, 9.17) is 5.41 Å². The zero-order valence-corrected chi connectivity index (χ0v) is 14.9. The van der Waals surface area contributed by atoms with E-state index in [-0.39, 0.29) is 5.91 Å². The molecule has 2 aliphatic rings. The van der Waals surface area contributed by atoms with Crippen molar-refractivity contribution < 1.29 is 4.79 Å². The molecule has 2 aromatic rings. The number of aryl methyl sites for hydroxylation is 1. The average Bonchev–Trinajstić information content (AvgIpc) is 2.97. The lowest BCUT2D eigenvalue weighted by Crippen LogP contribution is -2.25. The van der Waals surface area contributed by atoms with Crippen molar-refractivity contribution >= 4 is 23.6 Å². The van der Waals surface area contributed by atoms with Crippen LogP contribution in [0.25, 0.3) is 0 Å². The second-order valence-electron chi connectivity index (χ2n) is 7.16. The molecular formula is C20H23N5O. The van der Waals surface area contributed by atoms with Crippen LogP contribution in [0.5, 0.6) is 0 Å². The van der Waals surface area contributed by atoms with Crippen molar-refractivity contribution in [1.82, 2.24) is 9.97 Å². The van der Waals surface area contributed by atoms with Crippen LogP contribution in [0.3, 0.4) is 0 Å². The molecule has 1 amide bonds. The van der Waals surface area contributed by atoms with Gasteiger partial charge in [-0.2, -0.15) is 0 Å². The summed E-state index contributed by atoms with van der Waals surface area (Å²) in [4.78, 5) is 21.4. The molecule has 1 aliphatic carbocycles.